The molecule has 0 aromatic heterocycles. The highest BCUT2D eigenvalue weighted by molar-refractivity contribution is 7.89. The van der Waals surface area contributed by atoms with Gasteiger partial charge in [-0.2, -0.15) is 4.31 Å². The molecule has 128 valence electrons. The summed E-state index contributed by atoms with van der Waals surface area (Å²) in [7, 11) is -0.358. The summed E-state index contributed by atoms with van der Waals surface area (Å²) in [4.78, 5) is 11.8. The summed E-state index contributed by atoms with van der Waals surface area (Å²) in [6.45, 7) is 3.59. The van der Waals surface area contributed by atoms with Gasteiger partial charge in [-0.1, -0.05) is 0 Å². The lowest BCUT2D eigenvalue weighted by Crippen LogP contribution is -2.42. The van der Waals surface area contributed by atoms with Crippen LogP contribution >= 0.6 is 0 Å². The molecule has 1 atom stereocenters. The summed E-state index contributed by atoms with van der Waals surface area (Å²) in [6, 6.07) is 4.56. The van der Waals surface area contributed by atoms with E-state index < -0.39 is 16.0 Å². The molecule has 0 aliphatic carbocycles. The lowest BCUT2D eigenvalue weighted by Gasteiger charge is -2.32. The summed E-state index contributed by atoms with van der Waals surface area (Å²) in [5.41, 5.74) is 0.916. The van der Waals surface area contributed by atoms with Gasteiger partial charge in [0.1, 0.15) is 0 Å². The van der Waals surface area contributed by atoms with E-state index in [1.807, 2.05) is 7.05 Å². The van der Waals surface area contributed by atoms with E-state index in [1.165, 1.54) is 19.2 Å². The molecule has 1 unspecified atom stereocenters. The number of hydrogen-bond acceptors (Lipinski definition) is 5. The normalized spacial score (nSPS) is 19.5. The Balaban J connectivity index is 2.27. The summed E-state index contributed by atoms with van der Waals surface area (Å²) in [6.07, 6.45) is 1.90. The van der Waals surface area contributed by atoms with Crippen LogP contribution in [0.25, 0.3) is 0 Å². The van der Waals surface area contributed by atoms with Crippen molar-refractivity contribution >= 4 is 16.0 Å². The summed E-state index contributed by atoms with van der Waals surface area (Å²) < 4.78 is 32.0. The predicted octanol–water partition coefficient (Wildman–Crippen LogP) is 1.40. The minimum absolute atomic E-state index is 0.260. The maximum atomic E-state index is 12.9. The minimum atomic E-state index is -3.54. The molecule has 1 aliphatic heterocycles. The average Bonchev–Trinajstić information content (AvgIpc) is 2.54. The van der Waals surface area contributed by atoms with Gasteiger partial charge in [-0.05, 0) is 63.0 Å². The summed E-state index contributed by atoms with van der Waals surface area (Å²) in [5, 5.41) is 3.11. The first-order valence-electron chi connectivity index (χ1n) is 7.74. The van der Waals surface area contributed by atoms with Crippen LogP contribution in [0.3, 0.4) is 0 Å². The third kappa shape index (κ3) is 3.91. The standard InChI is InChI=1S/C16H24N2O4S/c1-12-9-14(16(19)22-3)6-7-15(12)23(20,21)18-8-4-5-13(11-18)10-17-2/h6-7,9,13,17H,4-5,8,10-11H2,1-3H3. The van der Waals surface area contributed by atoms with Gasteiger partial charge >= 0.3 is 5.97 Å². The Labute approximate surface area is 137 Å². The van der Waals surface area contributed by atoms with Crippen LogP contribution in [0.1, 0.15) is 28.8 Å². The molecule has 1 N–H and O–H groups in total. The van der Waals surface area contributed by atoms with Crippen molar-refractivity contribution in [3.8, 4) is 0 Å². The van der Waals surface area contributed by atoms with E-state index >= 15 is 0 Å². The zero-order chi connectivity index (χ0) is 17.0. The van der Waals surface area contributed by atoms with Crippen LogP contribution in [0, 0.1) is 12.8 Å². The Morgan fingerprint density at radius 2 is 2.17 bits per heavy atom. The molecule has 1 aromatic rings. The van der Waals surface area contributed by atoms with Crippen molar-refractivity contribution in [2.45, 2.75) is 24.7 Å². The molecule has 6 nitrogen and oxygen atoms in total. The van der Waals surface area contributed by atoms with Gasteiger partial charge in [-0.25, -0.2) is 13.2 Å². The first-order valence-corrected chi connectivity index (χ1v) is 9.18. The molecule has 1 aromatic carbocycles. The topological polar surface area (TPSA) is 75.7 Å². The van der Waals surface area contributed by atoms with Crippen molar-refractivity contribution in [1.29, 1.82) is 0 Å². The molecule has 0 spiro atoms. The molecule has 1 saturated heterocycles. The van der Waals surface area contributed by atoms with Crippen molar-refractivity contribution in [3.05, 3.63) is 29.3 Å². The Hall–Kier alpha value is -1.44. The molecular formula is C16H24N2O4S. The summed E-state index contributed by atoms with van der Waals surface area (Å²) >= 11 is 0. The average molecular weight is 340 g/mol. The monoisotopic (exact) mass is 340 g/mol. The van der Waals surface area contributed by atoms with Crippen molar-refractivity contribution < 1.29 is 17.9 Å². The van der Waals surface area contributed by atoms with Gasteiger partial charge < -0.3 is 10.1 Å². The van der Waals surface area contributed by atoms with Crippen molar-refractivity contribution in [1.82, 2.24) is 9.62 Å². The van der Waals surface area contributed by atoms with E-state index in [-0.39, 0.29) is 4.90 Å². The van der Waals surface area contributed by atoms with E-state index in [0.29, 0.717) is 30.1 Å². The number of aryl methyl sites for hydroxylation is 1. The minimum Gasteiger partial charge on any atom is -0.465 e. The highest BCUT2D eigenvalue weighted by Gasteiger charge is 2.31. The second-order valence-electron chi connectivity index (χ2n) is 5.90. The molecule has 1 fully saturated rings. The van der Waals surface area contributed by atoms with Crippen molar-refractivity contribution in [2.24, 2.45) is 5.92 Å². The van der Waals surface area contributed by atoms with Gasteiger partial charge in [-0.15, -0.1) is 0 Å². The van der Waals surface area contributed by atoms with Crippen LogP contribution in [-0.4, -0.2) is 52.5 Å². The van der Waals surface area contributed by atoms with Crippen LogP contribution in [-0.2, 0) is 14.8 Å². The van der Waals surface area contributed by atoms with Gasteiger partial charge in [0.05, 0.1) is 17.6 Å². The van der Waals surface area contributed by atoms with Crippen LogP contribution in [0.4, 0.5) is 0 Å². The second kappa shape index (κ2) is 7.42. The molecule has 1 heterocycles. The highest BCUT2D eigenvalue weighted by Crippen LogP contribution is 2.26. The van der Waals surface area contributed by atoms with E-state index in [0.717, 1.165) is 19.4 Å². The lowest BCUT2D eigenvalue weighted by molar-refractivity contribution is 0.0600. The Bertz CT molecular complexity index is 671. The number of methoxy groups -OCH3 is 1. The van der Waals surface area contributed by atoms with E-state index in [9.17, 15) is 13.2 Å². The van der Waals surface area contributed by atoms with Crippen molar-refractivity contribution in [2.75, 3.05) is 33.8 Å². The van der Waals surface area contributed by atoms with Gasteiger partial charge in [0.2, 0.25) is 10.0 Å². The van der Waals surface area contributed by atoms with Crippen LogP contribution < -0.4 is 5.32 Å². The number of carbonyl (C=O) groups excluding carboxylic acids is 1. The van der Waals surface area contributed by atoms with Crippen LogP contribution in [0.15, 0.2) is 23.1 Å². The molecule has 2 rings (SSSR count). The third-order valence-electron chi connectivity index (χ3n) is 4.19. The molecule has 0 saturated carbocycles. The molecular weight excluding hydrogens is 316 g/mol. The molecule has 23 heavy (non-hydrogen) atoms. The zero-order valence-electron chi connectivity index (χ0n) is 13.8. The number of esters is 1. The first-order chi connectivity index (χ1) is 10.9. The molecule has 7 heteroatoms. The first kappa shape index (κ1) is 17.9. The maximum Gasteiger partial charge on any atom is 0.337 e. The number of sulfonamides is 1. The zero-order valence-corrected chi connectivity index (χ0v) is 14.6. The quantitative estimate of drug-likeness (QED) is 0.820. The van der Waals surface area contributed by atoms with Gasteiger partial charge in [0.15, 0.2) is 0 Å². The smallest absolute Gasteiger partial charge is 0.337 e. The number of rotatable bonds is 5. The fourth-order valence-corrected chi connectivity index (χ4v) is 4.78. The van der Waals surface area contributed by atoms with E-state index in [1.54, 1.807) is 17.3 Å². The molecule has 0 amide bonds. The van der Waals surface area contributed by atoms with E-state index in [4.69, 9.17) is 0 Å². The highest BCUT2D eigenvalue weighted by atomic mass is 32.2. The summed E-state index contributed by atoms with van der Waals surface area (Å²) in [5.74, 6) is -0.137. The lowest BCUT2D eigenvalue weighted by atomic mass is 10.00. The molecule has 1 aliphatic rings. The number of hydrogen-bond donors (Lipinski definition) is 1. The molecule has 0 bridgehead atoms. The fourth-order valence-electron chi connectivity index (χ4n) is 3.02. The van der Waals surface area contributed by atoms with Crippen LogP contribution in [0.5, 0.6) is 0 Å². The van der Waals surface area contributed by atoms with Crippen molar-refractivity contribution in [3.63, 3.8) is 0 Å². The number of carbonyl (C=O) groups is 1. The van der Waals surface area contributed by atoms with Gasteiger partial charge in [-0.3, -0.25) is 0 Å². The SMILES string of the molecule is CNCC1CCCN(S(=O)(=O)c2ccc(C(=O)OC)cc2C)C1. The van der Waals surface area contributed by atoms with E-state index in [2.05, 4.69) is 10.1 Å². The number of piperidine rings is 1. The number of nitrogens with zero attached hydrogens (tertiary/aromatic N) is 1. The maximum absolute atomic E-state index is 12.9. The predicted molar refractivity (Wildman–Crippen MR) is 87.9 cm³/mol. The third-order valence-corrected chi connectivity index (χ3v) is 6.21. The van der Waals surface area contributed by atoms with Gasteiger partial charge in [0.25, 0.3) is 0 Å². The van der Waals surface area contributed by atoms with Gasteiger partial charge in [0, 0.05) is 13.1 Å². The Kier molecular flexibility index (Phi) is 5.78. The van der Waals surface area contributed by atoms with Crippen LogP contribution in [0.2, 0.25) is 0 Å². The number of benzene rings is 1. The fraction of sp³-hybridized carbons (Fsp3) is 0.562. The largest absolute Gasteiger partial charge is 0.465 e. The number of nitrogens with one attached hydrogen (secondary N) is 1. The number of ether oxygens (including phenoxy) is 1. The molecule has 0 radical (unpaired) electrons. The Morgan fingerprint density at radius 1 is 1.43 bits per heavy atom. The Morgan fingerprint density at radius 3 is 2.78 bits per heavy atom. The second-order valence-corrected chi connectivity index (χ2v) is 7.81.